The van der Waals surface area contributed by atoms with Crippen molar-refractivity contribution in [3.05, 3.63) is 68.0 Å². The maximum absolute atomic E-state index is 12.8. The van der Waals surface area contributed by atoms with Crippen LogP contribution in [0.1, 0.15) is 20.8 Å². The Morgan fingerprint density at radius 3 is 2.50 bits per heavy atom. The summed E-state index contributed by atoms with van der Waals surface area (Å²) in [4.78, 5) is 25.9. The minimum absolute atomic E-state index is 0.0711. The van der Waals surface area contributed by atoms with Crippen LogP contribution in [0, 0.1) is 17.0 Å². The molecule has 0 bridgehead atoms. The number of allylic oxidation sites excluding steroid dienone is 1. The molecule has 1 aromatic carbocycles. The monoisotopic (exact) mass is 316 g/mol. The van der Waals surface area contributed by atoms with Gasteiger partial charge in [-0.2, -0.15) is 0 Å². The zero-order valence-electron chi connectivity index (χ0n) is 12.6. The molecule has 6 heteroatoms. The second kappa shape index (κ2) is 6.53. The molecule has 0 saturated heterocycles. The second-order valence-corrected chi connectivity index (χ2v) is 5.96. The lowest BCUT2D eigenvalue weighted by molar-refractivity contribution is -0.385. The van der Waals surface area contributed by atoms with E-state index >= 15 is 0 Å². The van der Waals surface area contributed by atoms with Crippen LogP contribution in [0.2, 0.25) is 0 Å². The van der Waals surface area contributed by atoms with Crippen molar-refractivity contribution in [2.24, 2.45) is 0 Å². The molecule has 22 heavy (non-hydrogen) atoms. The van der Waals surface area contributed by atoms with E-state index in [2.05, 4.69) is 0 Å². The minimum Gasteiger partial charge on any atom is -0.383 e. The molecule has 1 aromatic heterocycles. The van der Waals surface area contributed by atoms with Crippen molar-refractivity contribution in [2.45, 2.75) is 6.92 Å². The Kier molecular flexibility index (Phi) is 4.72. The van der Waals surface area contributed by atoms with Crippen LogP contribution < -0.4 is 0 Å². The fourth-order valence-electron chi connectivity index (χ4n) is 2.10. The zero-order valence-corrected chi connectivity index (χ0v) is 13.4. The van der Waals surface area contributed by atoms with Crippen LogP contribution in [-0.4, -0.2) is 29.7 Å². The smallest absolute Gasteiger partial charge is 0.277 e. The Balaban J connectivity index is 2.61. The van der Waals surface area contributed by atoms with Crippen LogP contribution in [0.3, 0.4) is 0 Å². The normalized spacial score (nSPS) is 11.3. The van der Waals surface area contributed by atoms with Crippen molar-refractivity contribution >= 4 is 28.4 Å². The number of aryl methyl sites for hydroxylation is 1. The molecular formula is C16H16N2O3S. The van der Waals surface area contributed by atoms with Crippen LogP contribution in [-0.2, 0) is 0 Å². The summed E-state index contributed by atoms with van der Waals surface area (Å²) in [7, 11) is 3.56. The molecule has 0 amide bonds. The third kappa shape index (κ3) is 3.23. The number of hydrogen-bond donors (Lipinski definition) is 0. The van der Waals surface area contributed by atoms with E-state index in [1.807, 2.05) is 18.4 Å². The molecule has 0 aliphatic rings. The van der Waals surface area contributed by atoms with Crippen LogP contribution in [0.25, 0.3) is 5.57 Å². The lowest BCUT2D eigenvalue weighted by atomic mass is 9.98. The highest BCUT2D eigenvalue weighted by molar-refractivity contribution is 7.12. The third-order valence-electron chi connectivity index (χ3n) is 3.09. The van der Waals surface area contributed by atoms with Crippen molar-refractivity contribution in [3.8, 4) is 0 Å². The van der Waals surface area contributed by atoms with E-state index in [0.29, 0.717) is 16.0 Å². The Bertz CT molecular complexity index is 747. The van der Waals surface area contributed by atoms with E-state index in [4.69, 9.17) is 0 Å². The molecule has 2 rings (SSSR count). The van der Waals surface area contributed by atoms with Crippen molar-refractivity contribution in [1.29, 1.82) is 0 Å². The van der Waals surface area contributed by atoms with Crippen LogP contribution in [0.5, 0.6) is 0 Å². The largest absolute Gasteiger partial charge is 0.383 e. The Hall–Kier alpha value is -2.47. The van der Waals surface area contributed by atoms with Crippen molar-refractivity contribution in [2.75, 3.05) is 14.1 Å². The number of hydrogen-bond acceptors (Lipinski definition) is 5. The Morgan fingerprint density at radius 1 is 1.27 bits per heavy atom. The van der Waals surface area contributed by atoms with Gasteiger partial charge in [0.2, 0.25) is 5.78 Å². The van der Waals surface area contributed by atoms with Crippen molar-refractivity contribution in [3.63, 3.8) is 0 Å². The zero-order chi connectivity index (χ0) is 16.3. The third-order valence-corrected chi connectivity index (χ3v) is 4.11. The highest BCUT2D eigenvalue weighted by Gasteiger charge is 2.24. The van der Waals surface area contributed by atoms with Crippen LogP contribution in [0.15, 0.2) is 41.9 Å². The molecule has 0 unspecified atom stereocenters. The predicted molar refractivity (Wildman–Crippen MR) is 88.1 cm³/mol. The topological polar surface area (TPSA) is 63.5 Å². The molecule has 0 fully saturated rings. The number of nitrogens with zero attached hydrogens (tertiary/aromatic N) is 2. The number of carbonyl (C=O) groups is 1. The number of thiophene rings is 1. The van der Waals surface area contributed by atoms with Gasteiger partial charge in [-0.15, -0.1) is 11.3 Å². The predicted octanol–water partition coefficient (Wildman–Crippen LogP) is 3.75. The summed E-state index contributed by atoms with van der Waals surface area (Å²) < 4.78 is 0. The first-order valence-corrected chi connectivity index (χ1v) is 7.50. The first-order valence-electron chi connectivity index (χ1n) is 6.62. The van der Waals surface area contributed by atoms with Gasteiger partial charge in [0.25, 0.3) is 5.69 Å². The average molecular weight is 316 g/mol. The lowest BCUT2D eigenvalue weighted by Gasteiger charge is -2.12. The van der Waals surface area contributed by atoms with E-state index in [0.717, 1.165) is 5.56 Å². The molecule has 5 nitrogen and oxygen atoms in total. The minimum atomic E-state index is -0.465. The van der Waals surface area contributed by atoms with E-state index in [-0.39, 0.29) is 11.5 Å². The summed E-state index contributed by atoms with van der Waals surface area (Å²) in [6.07, 6.45) is 1.63. The second-order valence-electron chi connectivity index (χ2n) is 5.04. The maximum atomic E-state index is 12.8. The number of benzene rings is 1. The summed E-state index contributed by atoms with van der Waals surface area (Å²) in [6.45, 7) is 1.86. The van der Waals surface area contributed by atoms with E-state index < -0.39 is 4.92 Å². The molecular weight excluding hydrogens is 300 g/mol. The van der Waals surface area contributed by atoms with Crippen LogP contribution in [0.4, 0.5) is 5.69 Å². The number of para-hydroxylation sites is 1. The number of carbonyl (C=O) groups excluding carboxylic acids is 1. The van der Waals surface area contributed by atoms with Crippen molar-refractivity contribution in [1.82, 2.24) is 4.90 Å². The van der Waals surface area contributed by atoms with Crippen molar-refractivity contribution < 1.29 is 9.72 Å². The molecule has 0 atom stereocenters. The number of ketones is 1. The molecule has 0 aliphatic heterocycles. The van der Waals surface area contributed by atoms with E-state index in [9.17, 15) is 14.9 Å². The Labute approximate surface area is 132 Å². The van der Waals surface area contributed by atoms with E-state index in [1.165, 1.54) is 17.4 Å². The summed E-state index contributed by atoms with van der Waals surface area (Å²) in [5, 5.41) is 13.1. The van der Waals surface area contributed by atoms with Gasteiger partial charge in [0.1, 0.15) is 0 Å². The SMILES string of the molecule is Cc1ccsc1C(=O)C(=CN(C)C)c1ccccc1[N+](=O)[O-]. The van der Waals surface area contributed by atoms with Gasteiger partial charge in [0, 0.05) is 26.4 Å². The maximum Gasteiger partial charge on any atom is 0.277 e. The molecule has 0 spiro atoms. The average Bonchev–Trinajstić information content (AvgIpc) is 2.90. The standard InChI is InChI=1S/C16H16N2O3S/c1-11-8-9-22-16(11)15(19)13(10-17(2)3)12-6-4-5-7-14(12)18(20)21/h4-10H,1-3H3. The van der Waals surface area contributed by atoms with Gasteiger partial charge in [-0.25, -0.2) is 0 Å². The molecule has 0 radical (unpaired) electrons. The summed E-state index contributed by atoms with van der Waals surface area (Å²) in [6, 6.07) is 8.17. The quantitative estimate of drug-likeness (QED) is 0.365. The fraction of sp³-hybridized carbons (Fsp3) is 0.188. The molecule has 0 saturated carbocycles. The first-order chi connectivity index (χ1) is 10.4. The fourth-order valence-corrected chi connectivity index (χ4v) is 2.98. The van der Waals surface area contributed by atoms with Gasteiger partial charge >= 0.3 is 0 Å². The van der Waals surface area contributed by atoms with Gasteiger partial charge in [-0.1, -0.05) is 12.1 Å². The van der Waals surface area contributed by atoms with Gasteiger partial charge in [-0.05, 0) is 30.0 Å². The molecule has 114 valence electrons. The van der Waals surface area contributed by atoms with Crippen LogP contribution >= 0.6 is 11.3 Å². The van der Waals surface area contributed by atoms with Gasteiger partial charge in [-0.3, -0.25) is 14.9 Å². The number of rotatable bonds is 5. The highest BCUT2D eigenvalue weighted by atomic mass is 32.1. The summed E-state index contributed by atoms with van der Waals surface area (Å²) >= 11 is 1.34. The number of Topliss-reactive ketones (excluding diaryl/α,β-unsaturated/α-hetero) is 1. The van der Waals surface area contributed by atoms with E-state index in [1.54, 1.807) is 43.4 Å². The summed E-state index contributed by atoms with van der Waals surface area (Å²) in [5.74, 6) is -0.199. The first kappa shape index (κ1) is 15.9. The van der Waals surface area contributed by atoms with Gasteiger partial charge < -0.3 is 4.90 Å². The van der Waals surface area contributed by atoms with Gasteiger partial charge in [0.15, 0.2) is 0 Å². The number of nitro groups is 1. The molecule has 0 N–H and O–H groups in total. The molecule has 2 aromatic rings. The number of nitro benzene ring substituents is 1. The highest BCUT2D eigenvalue weighted by Crippen LogP contribution is 2.31. The molecule has 0 aliphatic carbocycles. The molecule has 1 heterocycles. The van der Waals surface area contributed by atoms with Gasteiger partial charge in [0.05, 0.1) is 20.9 Å². The Morgan fingerprint density at radius 2 is 1.95 bits per heavy atom. The lowest BCUT2D eigenvalue weighted by Crippen LogP contribution is -2.10. The summed E-state index contributed by atoms with van der Waals surface area (Å²) in [5.41, 5.74) is 1.46.